The fourth-order valence-electron chi connectivity index (χ4n) is 1.46. The molecule has 2 rings (SSSR count). The average molecular weight is 287 g/mol. The van der Waals surface area contributed by atoms with Crippen LogP contribution in [0.15, 0.2) is 28.2 Å². The summed E-state index contributed by atoms with van der Waals surface area (Å²) < 4.78 is 2.89. The van der Waals surface area contributed by atoms with Gasteiger partial charge in [-0.15, -0.1) is 11.3 Å². The van der Waals surface area contributed by atoms with E-state index in [-0.39, 0.29) is 6.04 Å². The Bertz CT molecular complexity index is 450. The number of thiophene rings is 1. The van der Waals surface area contributed by atoms with Crippen molar-refractivity contribution in [3.8, 4) is 0 Å². The monoisotopic (exact) mass is 286 g/mol. The minimum Gasteiger partial charge on any atom is -0.271 e. The lowest BCUT2D eigenvalue weighted by molar-refractivity contribution is 0.582. The standard InChI is InChI=1S/C9H11BrN4S/c1-14-7(2-3-12-14)9(13-11)8-4-6(10)5-15-8/h2-5,9,13H,11H2,1H3. The number of nitrogens with zero attached hydrogens (tertiary/aromatic N) is 2. The van der Waals surface area contributed by atoms with Crippen molar-refractivity contribution in [2.45, 2.75) is 6.04 Å². The molecule has 1 unspecified atom stereocenters. The van der Waals surface area contributed by atoms with Crippen molar-refractivity contribution in [2.24, 2.45) is 12.9 Å². The largest absolute Gasteiger partial charge is 0.271 e. The van der Waals surface area contributed by atoms with Crippen molar-refractivity contribution in [3.05, 3.63) is 38.8 Å². The number of aryl methyl sites for hydroxylation is 1. The number of hydrazine groups is 1. The first kappa shape index (κ1) is 10.8. The van der Waals surface area contributed by atoms with E-state index in [1.165, 1.54) is 0 Å². The molecule has 2 aromatic rings. The molecular weight excluding hydrogens is 276 g/mol. The SMILES string of the molecule is Cn1nccc1C(NN)c1cc(Br)cs1. The molecule has 0 spiro atoms. The Morgan fingerprint density at radius 3 is 2.93 bits per heavy atom. The van der Waals surface area contributed by atoms with Crippen LogP contribution in [0, 0.1) is 0 Å². The van der Waals surface area contributed by atoms with Crippen LogP contribution in [0.4, 0.5) is 0 Å². The molecule has 80 valence electrons. The highest BCUT2D eigenvalue weighted by Crippen LogP contribution is 2.29. The van der Waals surface area contributed by atoms with Gasteiger partial charge >= 0.3 is 0 Å². The van der Waals surface area contributed by atoms with E-state index in [9.17, 15) is 0 Å². The van der Waals surface area contributed by atoms with Gasteiger partial charge in [-0.2, -0.15) is 5.10 Å². The van der Waals surface area contributed by atoms with Gasteiger partial charge in [-0.05, 0) is 28.1 Å². The maximum atomic E-state index is 5.57. The van der Waals surface area contributed by atoms with Gasteiger partial charge in [-0.1, -0.05) is 0 Å². The molecule has 2 heterocycles. The molecule has 6 heteroatoms. The number of nitrogens with two attached hydrogens (primary N) is 1. The molecule has 0 aliphatic rings. The first-order valence-electron chi connectivity index (χ1n) is 4.40. The van der Waals surface area contributed by atoms with Crippen molar-refractivity contribution in [1.82, 2.24) is 15.2 Å². The Hall–Kier alpha value is -0.690. The summed E-state index contributed by atoms with van der Waals surface area (Å²) in [7, 11) is 1.91. The Morgan fingerprint density at radius 1 is 1.67 bits per heavy atom. The van der Waals surface area contributed by atoms with Crippen LogP contribution in [0.2, 0.25) is 0 Å². The molecule has 0 aliphatic carbocycles. The van der Waals surface area contributed by atoms with Gasteiger partial charge in [-0.25, -0.2) is 5.43 Å². The molecule has 3 N–H and O–H groups in total. The van der Waals surface area contributed by atoms with Gasteiger partial charge in [0.25, 0.3) is 0 Å². The molecular formula is C9H11BrN4S. The second-order valence-corrected chi connectivity index (χ2v) is 5.01. The van der Waals surface area contributed by atoms with Gasteiger partial charge in [0.15, 0.2) is 0 Å². The van der Waals surface area contributed by atoms with E-state index in [2.05, 4.69) is 32.5 Å². The summed E-state index contributed by atoms with van der Waals surface area (Å²) in [4.78, 5) is 1.16. The first-order valence-corrected chi connectivity index (χ1v) is 6.07. The molecule has 15 heavy (non-hydrogen) atoms. The van der Waals surface area contributed by atoms with E-state index in [0.29, 0.717) is 0 Å². The number of hydrogen-bond acceptors (Lipinski definition) is 4. The van der Waals surface area contributed by atoms with Gasteiger partial charge in [0.05, 0.1) is 11.7 Å². The second kappa shape index (κ2) is 4.44. The lowest BCUT2D eigenvalue weighted by Gasteiger charge is -2.14. The summed E-state index contributed by atoms with van der Waals surface area (Å²) in [5.41, 5.74) is 3.85. The molecule has 0 saturated heterocycles. The Labute approximate surface area is 100 Å². The van der Waals surface area contributed by atoms with E-state index in [1.54, 1.807) is 17.5 Å². The van der Waals surface area contributed by atoms with E-state index >= 15 is 0 Å². The smallest absolute Gasteiger partial charge is 0.0970 e. The van der Waals surface area contributed by atoms with Gasteiger partial charge in [-0.3, -0.25) is 10.5 Å². The van der Waals surface area contributed by atoms with Crippen molar-refractivity contribution in [2.75, 3.05) is 0 Å². The number of nitrogens with one attached hydrogen (secondary N) is 1. The van der Waals surface area contributed by atoms with Crippen LogP contribution in [0.3, 0.4) is 0 Å². The van der Waals surface area contributed by atoms with E-state index < -0.39 is 0 Å². The molecule has 0 radical (unpaired) electrons. The van der Waals surface area contributed by atoms with Crippen LogP contribution in [0.1, 0.15) is 16.6 Å². The van der Waals surface area contributed by atoms with Crippen LogP contribution >= 0.6 is 27.3 Å². The molecule has 0 bridgehead atoms. The minimum atomic E-state index is -0.00574. The highest BCUT2D eigenvalue weighted by molar-refractivity contribution is 9.10. The lowest BCUT2D eigenvalue weighted by Crippen LogP contribution is -2.29. The zero-order valence-corrected chi connectivity index (χ0v) is 10.5. The quantitative estimate of drug-likeness (QED) is 0.668. The molecule has 0 aromatic carbocycles. The third kappa shape index (κ3) is 2.12. The Balaban J connectivity index is 2.36. The summed E-state index contributed by atoms with van der Waals surface area (Å²) in [6.45, 7) is 0. The molecule has 0 amide bonds. The highest BCUT2D eigenvalue weighted by Gasteiger charge is 2.17. The molecule has 1 atom stereocenters. The average Bonchev–Trinajstić information content (AvgIpc) is 2.79. The number of hydrogen-bond donors (Lipinski definition) is 2. The van der Waals surface area contributed by atoms with Gasteiger partial charge in [0, 0.05) is 28.0 Å². The normalized spacial score (nSPS) is 13.0. The summed E-state index contributed by atoms with van der Waals surface area (Å²) in [6, 6.07) is 4.01. The molecule has 2 aromatic heterocycles. The van der Waals surface area contributed by atoms with Crippen molar-refractivity contribution in [1.29, 1.82) is 0 Å². The van der Waals surface area contributed by atoms with Gasteiger partial charge in [0.2, 0.25) is 0 Å². The van der Waals surface area contributed by atoms with E-state index in [0.717, 1.165) is 15.0 Å². The van der Waals surface area contributed by atoms with E-state index in [1.807, 2.05) is 23.2 Å². The zero-order valence-electron chi connectivity index (χ0n) is 8.14. The maximum absolute atomic E-state index is 5.57. The molecule has 0 fully saturated rings. The van der Waals surface area contributed by atoms with Crippen molar-refractivity contribution < 1.29 is 0 Å². The minimum absolute atomic E-state index is 0.00574. The van der Waals surface area contributed by atoms with Crippen molar-refractivity contribution in [3.63, 3.8) is 0 Å². The maximum Gasteiger partial charge on any atom is 0.0970 e. The molecule has 0 saturated carbocycles. The number of aromatic nitrogens is 2. The Kier molecular flexibility index (Phi) is 3.20. The highest BCUT2D eigenvalue weighted by atomic mass is 79.9. The van der Waals surface area contributed by atoms with E-state index in [4.69, 9.17) is 5.84 Å². The first-order chi connectivity index (χ1) is 7.22. The van der Waals surface area contributed by atoms with Gasteiger partial charge < -0.3 is 0 Å². The number of rotatable bonds is 3. The van der Waals surface area contributed by atoms with Crippen LogP contribution in [-0.4, -0.2) is 9.78 Å². The summed E-state index contributed by atoms with van der Waals surface area (Å²) in [5.74, 6) is 5.57. The van der Waals surface area contributed by atoms with Crippen LogP contribution in [0.25, 0.3) is 0 Å². The molecule has 0 aliphatic heterocycles. The van der Waals surface area contributed by atoms with Crippen LogP contribution < -0.4 is 11.3 Å². The summed E-state index contributed by atoms with van der Waals surface area (Å²) >= 11 is 5.09. The fraction of sp³-hybridized carbons (Fsp3) is 0.222. The van der Waals surface area contributed by atoms with Gasteiger partial charge in [0.1, 0.15) is 0 Å². The lowest BCUT2D eigenvalue weighted by atomic mass is 10.2. The number of halogens is 1. The predicted octanol–water partition coefficient (Wildman–Crippen LogP) is 1.80. The zero-order chi connectivity index (χ0) is 10.8. The van der Waals surface area contributed by atoms with Crippen LogP contribution in [-0.2, 0) is 7.05 Å². The predicted molar refractivity (Wildman–Crippen MR) is 64.4 cm³/mol. The topological polar surface area (TPSA) is 55.9 Å². The second-order valence-electron chi connectivity index (χ2n) is 3.15. The summed E-state index contributed by atoms with van der Waals surface area (Å²) in [6.07, 6.45) is 1.77. The molecule has 4 nitrogen and oxygen atoms in total. The third-order valence-electron chi connectivity index (χ3n) is 2.19. The fourth-order valence-corrected chi connectivity index (χ4v) is 2.98. The third-order valence-corrected chi connectivity index (χ3v) is 3.95. The van der Waals surface area contributed by atoms with Crippen molar-refractivity contribution >= 4 is 27.3 Å². The summed E-state index contributed by atoms with van der Waals surface area (Å²) in [5, 5.41) is 6.17. The van der Waals surface area contributed by atoms with Crippen LogP contribution in [0.5, 0.6) is 0 Å². The Morgan fingerprint density at radius 2 is 2.47 bits per heavy atom.